The molecule has 0 saturated heterocycles. The molecule has 3 aromatic heterocycles. The summed E-state index contributed by atoms with van der Waals surface area (Å²) < 4.78 is 5.07. The van der Waals surface area contributed by atoms with Crippen LogP contribution in [0.3, 0.4) is 0 Å². The third kappa shape index (κ3) is 3.33. The summed E-state index contributed by atoms with van der Waals surface area (Å²) in [5.74, 6) is 0.0373. The fourth-order valence-corrected chi connectivity index (χ4v) is 2.87. The molecule has 1 aromatic carbocycles. The zero-order chi connectivity index (χ0) is 19.5. The number of aromatic nitrogens is 3. The molecule has 0 radical (unpaired) electrons. The summed E-state index contributed by atoms with van der Waals surface area (Å²) in [6, 6.07) is 14.3. The van der Waals surface area contributed by atoms with Crippen LogP contribution in [-0.4, -0.2) is 28.0 Å². The first kappa shape index (κ1) is 17.4. The Hall–Kier alpha value is -4.00. The van der Waals surface area contributed by atoms with Gasteiger partial charge in [0.2, 0.25) is 11.3 Å². The number of carbonyl (C=O) groups is 1. The lowest BCUT2D eigenvalue weighted by atomic mass is 10.1. The van der Waals surface area contributed by atoms with E-state index in [1.165, 1.54) is 6.20 Å². The molecular formula is C21H16N4O3. The lowest BCUT2D eigenvalue weighted by Crippen LogP contribution is -2.22. The number of amides is 1. The highest BCUT2D eigenvalue weighted by Crippen LogP contribution is 2.23. The van der Waals surface area contributed by atoms with Crippen molar-refractivity contribution in [2.75, 3.05) is 12.4 Å². The molecule has 0 fully saturated rings. The summed E-state index contributed by atoms with van der Waals surface area (Å²) in [5.41, 5.74) is 2.44. The van der Waals surface area contributed by atoms with Crippen LogP contribution in [0.5, 0.6) is 5.88 Å². The maximum atomic E-state index is 12.6. The third-order valence-corrected chi connectivity index (χ3v) is 4.29. The number of anilines is 1. The van der Waals surface area contributed by atoms with E-state index in [0.29, 0.717) is 22.6 Å². The number of nitrogens with zero attached hydrogens (tertiary/aromatic N) is 2. The van der Waals surface area contributed by atoms with Gasteiger partial charge in [-0.15, -0.1) is 0 Å². The lowest BCUT2D eigenvalue weighted by Gasteiger charge is -2.08. The van der Waals surface area contributed by atoms with Crippen molar-refractivity contribution in [3.05, 3.63) is 82.9 Å². The van der Waals surface area contributed by atoms with Crippen LogP contribution in [0.1, 0.15) is 10.4 Å². The summed E-state index contributed by atoms with van der Waals surface area (Å²) in [7, 11) is 1.56. The zero-order valence-electron chi connectivity index (χ0n) is 15.0. The standard InChI is InChI=1S/C21H16N4O3/c1-28-18-8-7-14(11-23-18)13-4-2-5-15(10-13)25-21(27)17-12-24-20-16(19(17)26)6-3-9-22-20/h2-12H,1H3,(H,25,27)(H,22,24,26). The average molecular weight is 372 g/mol. The number of ether oxygens (including phenoxy) is 1. The Kier molecular flexibility index (Phi) is 4.55. The van der Waals surface area contributed by atoms with Crippen molar-refractivity contribution in [3.63, 3.8) is 0 Å². The van der Waals surface area contributed by atoms with E-state index in [4.69, 9.17) is 4.74 Å². The van der Waals surface area contributed by atoms with Gasteiger partial charge in [-0.2, -0.15) is 0 Å². The molecule has 138 valence electrons. The van der Waals surface area contributed by atoms with Gasteiger partial charge >= 0.3 is 0 Å². The van der Waals surface area contributed by atoms with Gasteiger partial charge in [0.15, 0.2) is 0 Å². The highest BCUT2D eigenvalue weighted by atomic mass is 16.5. The predicted molar refractivity (Wildman–Crippen MR) is 107 cm³/mol. The van der Waals surface area contributed by atoms with Crippen LogP contribution in [0, 0.1) is 0 Å². The van der Waals surface area contributed by atoms with Crippen LogP contribution in [0.4, 0.5) is 5.69 Å². The number of H-pyrrole nitrogens is 1. The molecule has 0 atom stereocenters. The Morgan fingerprint density at radius 2 is 1.96 bits per heavy atom. The van der Waals surface area contributed by atoms with Crippen LogP contribution >= 0.6 is 0 Å². The van der Waals surface area contributed by atoms with Gasteiger partial charge in [-0.25, -0.2) is 9.97 Å². The highest BCUT2D eigenvalue weighted by Gasteiger charge is 2.14. The molecule has 3 heterocycles. The Bertz CT molecular complexity index is 1220. The fourth-order valence-electron chi connectivity index (χ4n) is 2.87. The van der Waals surface area contributed by atoms with E-state index in [-0.39, 0.29) is 11.0 Å². The lowest BCUT2D eigenvalue weighted by molar-refractivity contribution is 0.102. The van der Waals surface area contributed by atoms with Crippen molar-refractivity contribution in [3.8, 4) is 17.0 Å². The summed E-state index contributed by atoms with van der Waals surface area (Å²) in [6.45, 7) is 0. The average Bonchev–Trinajstić information content (AvgIpc) is 2.74. The number of benzene rings is 1. The second-order valence-corrected chi connectivity index (χ2v) is 6.06. The molecule has 0 spiro atoms. The third-order valence-electron chi connectivity index (χ3n) is 4.29. The SMILES string of the molecule is COc1ccc(-c2cccc(NC(=O)c3c[nH]c4ncccc4c3=O)c2)cn1. The van der Waals surface area contributed by atoms with E-state index in [1.54, 1.807) is 43.8 Å². The number of hydrogen-bond donors (Lipinski definition) is 2. The van der Waals surface area contributed by atoms with E-state index in [1.807, 2.05) is 24.3 Å². The van der Waals surface area contributed by atoms with Crippen molar-refractivity contribution < 1.29 is 9.53 Å². The molecule has 4 rings (SSSR count). The first-order valence-electron chi connectivity index (χ1n) is 8.54. The Balaban J connectivity index is 1.61. The number of carbonyl (C=O) groups excluding carboxylic acids is 1. The smallest absolute Gasteiger partial charge is 0.261 e. The highest BCUT2D eigenvalue weighted by molar-refractivity contribution is 6.05. The van der Waals surface area contributed by atoms with Gasteiger partial charge in [-0.3, -0.25) is 9.59 Å². The van der Waals surface area contributed by atoms with Crippen LogP contribution in [0.25, 0.3) is 22.2 Å². The Labute approximate surface area is 160 Å². The predicted octanol–water partition coefficient (Wildman–Crippen LogP) is 3.25. The maximum Gasteiger partial charge on any atom is 0.261 e. The van der Waals surface area contributed by atoms with Crippen molar-refractivity contribution in [1.29, 1.82) is 0 Å². The molecule has 0 unspecified atom stereocenters. The van der Waals surface area contributed by atoms with Gasteiger partial charge in [-0.05, 0) is 35.9 Å². The molecule has 4 aromatic rings. The van der Waals surface area contributed by atoms with Crippen molar-refractivity contribution in [2.45, 2.75) is 0 Å². The molecule has 0 aliphatic carbocycles. The number of nitrogens with one attached hydrogen (secondary N) is 2. The zero-order valence-corrected chi connectivity index (χ0v) is 15.0. The molecular weight excluding hydrogens is 356 g/mol. The second kappa shape index (κ2) is 7.32. The van der Waals surface area contributed by atoms with E-state index in [2.05, 4.69) is 20.3 Å². The van der Waals surface area contributed by atoms with Crippen LogP contribution in [-0.2, 0) is 0 Å². The number of hydrogen-bond acceptors (Lipinski definition) is 5. The minimum atomic E-state index is -0.489. The van der Waals surface area contributed by atoms with E-state index >= 15 is 0 Å². The number of fused-ring (bicyclic) bond motifs is 1. The molecule has 7 heteroatoms. The number of aromatic amines is 1. The Morgan fingerprint density at radius 1 is 1.07 bits per heavy atom. The van der Waals surface area contributed by atoms with Crippen molar-refractivity contribution in [1.82, 2.24) is 15.0 Å². The molecule has 0 saturated carbocycles. The van der Waals surface area contributed by atoms with E-state index in [9.17, 15) is 9.59 Å². The summed E-state index contributed by atoms with van der Waals surface area (Å²) >= 11 is 0. The van der Waals surface area contributed by atoms with E-state index in [0.717, 1.165) is 11.1 Å². The quantitative estimate of drug-likeness (QED) is 0.573. The number of pyridine rings is 3. The normalized spacial score (nSPS) is 10.6. The van der Waals surface area contributed by atoms with Crippen molar-refractivity contribution >= 4 is 22.6 Å². The van der Waals surface area contributed by atoms with Gasteiger partial charge in [0.05, 0.1) is 12.5 Å². The molecule has 7 nitrogen and oxygen atoms in total. The second-order valence-electron chi connectivity index (χ2n) is 6.06. The van der Waals surface area contributed by atoms with Crippen LogP contribution in [0.15, 0.2) is 71.9 Å². The Morgan fingerprint density at radius 3 is 2.75 bits per heavy atom. The number of rotatable bonds is 4. The van der Waals surface area contributed by atoms with Gasteiger partial charge in [0.1, 0.15) is 11.2 Å². The van der Waals surface area contributed by atoms with E-state index < -0.39 is 5.91 Å². The van der Waals surface area contributed by atoms with Gasteiger partial charge in [0, 0.05) is 35.9 Å². The topological polar surface area (TPSA) is 97.0 Å². The number of methoxy groups -OCH3 is 1. The van der Waals surface area contributed by atoms with Gasteiger partial charge in [0.25, 0.3) is 5.91 Å². The molecule has 0 aliphatic heterocycles. The minimum Gasteiger partial charge on any atom is -0.481 e. The summed E-state index contributed by atoms with van der Waals surface area (Å²) in [6.07, 6.45) is 4.66. The first-order valence-corrected chi connectivity index (χ1v) is 8.54. The van der Waals surface area contributed by atoms with Gasteiger partial charge in [-0.1, -0.05) is 12.1 Å². The summed E-state index contributed by atoms with van der Waals surface area (Å²) in [4.78, 5) is 36.4. The van der Waals surface area contributed by atoms with Crippen LogP contribution < -0.4 is 15.5 Å². The first-order chi connectivity index (χ1) is 13.7. The molecule has 28 heavy (non-hydrogen) atoms. The minimum absolute atomic E-state index is 0.0250. The van der Waals surface area contributed by atoms with Gasteiger partial charge < -0.3 is 15.0 Å². The largest absolute Gasteiger partial charge is 0.481 e. The molecule has 2 N–H and O–H groups in total. The monoisotopic (exact) mass is 372 g/mol. The fraction of sp³-hybridized carbons (Fsp3) is 0.0476. The summed E-state index contributed by atoms with van der Waals surface area (Å²) in [5, 5.41) is 3.14. The van der Waals surface area contributed by atoms with Crippen LogP contribution in [0.2, 0.25) is 0 Å². The van der Waals surface area contributed by atoms with Crippen molar-refractivity contribution in [2.24, 2.45) is 0 Å². The molecule has 1 amide bonds. The molecule has 0 bridgehead atoms. The molecule has 0 aliphatic rings. The maximum absolute atomic E-state index is 12.6.